The molecule has 1 aliphatic rings. The summed E-state index contributed by atoms with van der Waals surface area (Å²) in [5.41, 5.74) is 1.71. The van der Waals surface area contributed by atoms with Gasteiger partial charge < -0.3 is 9.80 Å². The van der Waals surface area contributed by atoms with Crippen molar-refractivity contribution in [3.63, 3.8) is 0 Å². The maximum atomic E-state index is 12.1. The second-order valence-corrected chi connectivity index (χ2v) is 4.70. The van der Waals surface area contributed by atoms with Crippen molar-refractivity contribution in [1.82, 2.24) is 19.9 Å². The first-order valence-electron chi connectivity index (χ1n) is 6.66. The van der Waals surface area contributed by atoms with Crippen molar-refractivity contribution in [2.75, 3.05) is 31.1 Å². The third-order valence-electron chi connectivity index (χ3n) is 3.48. The third kappa shape index (κ3) is 2.69. The Kier molecular flexibility index (Phi) is 3.51. The van der Waals surface area contributed by atoms with Gasteiger partial charge in [-0.3, -0.25) is 0 Å². The van der Waals surface area contributed by atoms with E-state index in [0.29, 0.717) is 18.8 Å². The number of hydrogen-bond donors (Lipinski definition) is 0. The highest BCUT2D eigenvalue weighted by Gasteiger charge is 2.23. The number of carbonyl (C=O) groups excluding carboxylic acids is 1. The lowest BCUT2D eigenvalue weighted by molar-refractivity contribution is 0.189. The van der Waals surface area contributed by atoms with Gasteiger partial charge in [-0.2, -0.15) is 10.2 Å². The van der Waals surface area contributed by atoms with Gasteiger partial charge in [0.1, 0.15) is 0 Å². The van der Waals surface area contributed by atoms with Crippen molar-refractivity contribution >= 4 is 17.4 Å². The van der Waals surface area contributed by atoms with E-state index in [0.717, 1.165) is 23.6 Å². The van der Waals surface area contributed by atoms with E-state index >= 15 is 0 Å². The summed E-state index contributed by atoms with van der Waals surface area (Å²) >= 11 is 0. The standard InChI is InChI=1S/C14H14N6O/c1-15-12-2-4-13(5-3-12)18-8-10-19(11-9-18)14(21)20-16-6-7-17-20/h2-7H,8-11H2. The number of hydrogen-bond acceptors (Lipinski definition) is 4. The lowest BCUT2D eigenvalue weighted by Crippen LogP contribution is -2.50. The number of anilines is 1. The van der Waals surface area contributed by atoms with E-state index < -0.39 is 0 Å². The molecular formula is C14H14N6O. The molecule has 1 aromatic heterocycles. The lowest BCUT2D eigenvalue weighted by atomic mass is 10.2. The van der Waals surface area contributed by atoms with E-state index in [-0.39, 0.29) is 6.03 Å². The first-order valence-corrected chi connectivity index (χ1v) is 6.66. The first-order chi connectivity index (χ1) is 10.3. The Labute approximate surface area is 122 Å². The lowest BCUT2D eigenvalue weighted by Gasteiger charge is -2.35. The Hall–Kier alpha value is -2.88. The van der Waals surface area contributed by atoms with Crippen molar-refractivity contribution < 1.29 is 4.79 Å². The van der Waals surface area contributed by atoms with Gasteiger partial charge in [0.15, 0.2) is 5.69 Å². The zero-order chi connectivity index (χ0) is 14.7. The largest absolute Gasteiger partial charge is 0.368 e. The Morgan fingerprint density at radius 3 is 2.24 bits per heavy atom. The number of nitrogens with zero attached hydrogens (tertiary/aromatic N) is 6. The van der Waals surface area contributed by atoms with Crippen LogP contribution in [-0.4, -0.2) is 52.1 Å². The Morgan fingerprint density at radius 2 is 1.67 bits per heavy atom. The van der Waals surface area contributed by atoms with Gasteiger partial charge in [0, 0.05) is 31.9 Å². The molecule has 0 radical (unpaired) electrons. The highest BCUT2D eigenvalue weighted by molar-refractivity contribution is 5.75. The third-order valence-corrected chi connectivity index (χ3v) is 3.48. The van der Waals surface area contributed by atoms with Crippen LogP contribution in [0.15, 0.2) is 36.7 Å². The predicted molar refractivity (Wildman–Crippen MR) is 77.3 cm³/mol. The quantitative estimate of drug-likeness (QED) is 0.746. The molecule has 0 unspecified atom stereocenters. The van der Waals surface area contributed by atoms with Crippen LogP contribution in [0.2, 0.25) is 0 Å². The second-order valence-electron chi connectivity index (χ2n) is 4.70. The van der Waals surface area contributed by atoms with Gasteiger partial charge in [0.2, 0.25) is 0 Å². The summed E-state index contributed by atoms with van der Waals surface area (Å²) in [5.74, 6) is 0. The second kappa shape index (κ2) is 5.63. The Morgan fingerprint density at radius 1 is 1.05 bits per heavy atom. The molecule has 7 nitrogen and oxygen atoms in total. The molecule has 1 fully saturated rings. The van der Waals surface area contributed by atoms with E-state index in [1.54, 1.807) is 4.90 Å². The van der Waals surface area contributed by atoms with E-state index in [4.69, 9.17) is 6.57 Å². The molecule has 2 aromatic rings. The number of aromatic nitrogens is 3. The molecule has 0 aliphatic carbocycles. The normalized spacial score (nSPS) is 14.8. The fourth-order valence-electron chi connectivity index (χ4n) is 2.33. The van der Waals surface area contributed by atoms with Gasteiger partial charge in [-0.15, -0.1) is 0 Å². The van der Waals surface area contributed by atoms with Gasteiger partial charge in [-0.25, -0.2) is 9.64 Å². The first kappa shape index (κ1) is 13.1. The summed E-state index contributed by atoms with van der Waals surface area (Å²) in [5, 5.41) is 7.72. The number of benzene rings is 1. The average Bonchev–Trinajstić information content (AvgIpc) is 3.09. The Balaban J connectivity index is 1.62. The summed E-state index contributed by atoms with van der Waals surface area (Å²) in [4.78, 5) is 20.5. The van der Waals surface area contributed by atoms with E-state index in [1.807, 2.05) is 24.3 Å². The summed E-state index contributed by atoms with van der Waals surface area (Å²) in [6, 6.07) is 7.32. The Bertz CT molecular complexity index is 650. The van der Waals surface area contributed by atoms with Gasteiger partial charge >= 0.3 is 6.03 Å². The summed E-state index contributed by atoms with van der Waals surface area (Å²) < 4.78 is 0. The maximum absolute atomic E-state index is 12.1. The fourth-order valence-corrected chi connectivity index (χ4v) is 2.33. The van der Waals surface area contributed by atoms with Crippen LogP contribution in [0.25, 0.3) is 4.85 Å². The van der Waals surface area contributed by atoms with E-state index in [1.165, 1.54) is 12.4 Å². The minimum atomic E-state index is -0.192. The van der Waals surface area contributed by atoms with Crippen molar-refractivity contribution in [2.45, 2.75) is 0 Å². The van der Waals surface area contributed by atoms with Crippen LogP contribution >= 0.6 is 0 Å². The van der Waals surface area contributed by atoms with Gasteiger partial charge in [-0.05, 0) is 12.1 Å². The highest BCUT2D eigenvalue weighted by atomic mass is 16.2. The van der Waals surface area contributed by atoms with E-state index in [9.17, 15) is 4.79 Å². The molecule has 0 atom stereocenters. The zero-order valence-corrected chi connectivity index (χ0v) is 11.4. The average molecular weight is 282 g/mol. The molecule has 7 heteroatoms. The predicted octanol–water partition coefficient (Wildman–Crippen LogP) is 1.62. The van der Waals surface area contributed by atoms with Crippen LogP contribution in [0.5, 0.6) is 0 Å². The molecule has 21 heavy (non-hydrogen) atoms. The topological polar surface area (TPSA) is 58.6 Å². The number of rotatable bonds is 1. The van der Waals surface area contributed by atoms with Crippen molar-refractivity contribution in [3.8, 4) is 0 Å². The van der Waals surface area contributed by atoms with Crippen LogP contribution in [-0.2, 0) is 0 Å². The minimum Gasteiger partial charge on any atom is -0.368 e. The van der Waals surface area contributed by atoms with Crippen LogP contribution < -0.4 is 4.90 Å². The number of amides is 1. The molecule has 0 N–H and O–H groups in total. The molecule has 0 bridgehead atoms. The molecule has 0 spiro atoms. The van der Waals surface area contributed by atoms with Crippen molar-refractivity contribution in [1.29, 1.82) is 0 Å². The summed E-state index contributed by atoms with van der Waals surface area (Å²) in [6.07, 6.45) is 2.99. The number of piperazine rings is 1. The highest BCUT2D eigenvalue weighted by Crippen LogP contribution is 2.21. The van der Waals surface area contributed by atoms with E-state index in [2.05, 4.69) is 19.9 Å². The van der Waals surface area contributed by atoms with Gasteiger partial charge in [-0.1, -0.05) is 16.9 Å². The minimum absolute atomic E-state index is 0.192. The van der Waals surface area contributed by atoms with Crippen LogP contribution in [0.3, 0.4) is 0 Å². The number of carbonyl (C=O) groups is 1. The molecule has 2 heterocycles. The molecule has 0 saturated carbocycles. The monoisotopic (exact) mass is 282 g/mol. The molecule has 1 aliphatic heterocycles. The fraction of sp³-hybridized carbons (Fsp3) is 0.286. The van der Waals surface area contributed by atoms with Gasteiger partial charge in [0.05, 0.1) is 19.0 Å². The van der Waals surface area contributed by atoms with Gasteiger partial charge in [0.25, 0.3) is 0 Å². The van der Waals surface area contributed by atoms with Crippen LogP contribution in [0, 0.1) is 6.57 Å². The SMILES string of the molecule is [C-]#[N+]c1ccc(N2CCN(C(=O)n3nccn3)CC2)cc1. The molecule has 1 saturated heterocycles. The van der Waals surface area contributed by atoms with Crippen LogP contribution in [0.1, 0.15) is 0 Å². The summed E-state index contributed by atoms with van der Waals surface area (Å²) in [6.45, 7) is 9.72. The zero-order valence-electron chi connectivity index (χ0n) is 11.4. The summed E-state index contributed by atoms with van der Waals surface area (Å²) in [7, 11) is 0. The smallest absolute Gasteiger partial charge is 0.362 e. The molecule has 3 rings (SSSR count). The molecular weight excluding hydrogens is 268 g/mol. The molecule has 106 valence electrons. The molecule has 1 amide bonds. The molecule has 1 aromatic carbocycles. The van der Waals surface area contributed by atoms with Crippen molar-refractivity contribution in [3.05, 3.63) is 48.1 Å². The van der Waals surface area contributed by atoms with Crippen LogP contribution in [0.4, 0.5) is 16.2 Å². The van der Waals surface area contributed by atoms with Crippen molar-refractivity contribution in [2.24, 2.45) is 0 Å². The maximum Gasteiger partial charge on any atom is 0.362 e.